The number of ether oxygens (including phenoxy) is 2. The van der Waals surface area contributed by atoms with Crippen molar-refractivity contribution in [3.8, 4) is 0 Å². The van der Waals surface area contributed by atoms with Crippen LogP contribution in [-0.4, -0.2) is 32.1 Å². The number of rotatable bonds is 1. The van der Waals surface area contributed by atoms with Crippen LogP contribution < -0.4 is 4.90 Å². The van der Waals surface area contributed by atoms with E-state index in [4.69, 9.17) is 9.47 Å². The van der Waals surface area contributed by atoms with Gasteiger partial charge >= 0.3 is 0 Å². The maximum Gasteiger partial charge on any atom is 0.171 e. The van der Waals surface area contributed by atoms with Crippen LogP contribution in [0, 0.1) is 12.7 Å². The van der Waals surface area contributed by atoms with Crippen molar-refractivity contribution in [2.75, 3.05) is 31.2 Å². The summed E-state index contributed by atoms with van der Waals surface area (Å²) in [4.78, 5) is 2.10. The van der Waals surface area contributed by atoms with E-state index in [1.165, 1.54) is 6.07 Å². The van der Waals surface area contributed by atoms with Crippen molar-refractivity contribution < 1.29 is 13.9 Å². The highest BCUT2D eigenvalue weighted by atomic mass is 19.1. The normalized spacial score (nSPS) is 22.7. The van der Waals surface area contributed by atoms with E-state index in [9.17, 15) is 4.39 Å². The molecule has 2 fully saturated rings. The molecule has 0 amide bonds. The Balaban J connectivity index is 1.76. The average Bonchev–Trinajstić information content (AvgIpc) is 2.80. The van der Waals surface area contributed by atoms with Gasteiger partial charge in [0.15, 0.2) is 5.79 Å². The minimum absolute atomic E-state index is 0.140. The number of benzene rings is 1. The molecule has 2 saturated heterocycles. The van der Waals surface area contributed by atoms with Crippen molar-refractivity contribution in [1.82, 2.24) is 0 Å². The summed E-state index contributed by atoms with van der Waals surface area (Å²) in [5.74, 6) is -0.533. The Bertz CT molecular complexity index is 413. The van der Waals surface area contributed by atoms with E-state index in [-0.39, 0.29) is 5.82 Å². The summed E-state index contributed by atoms with van der Waals surface area (Å²) in [7, 11) is 0. The maximum atomic E-state index is 13.9. The summed E-state index contributed by atoms with van der Waals surface area (Å²) in [5, 5.41) is 0. The summed E-state index contributed by atoms with van der Waals surface area (Å²) in [6.45, 7) is 4.87. The molecule has 0 radical (unpaired) electrons. The van der Waals surface area contributed by atoms with Crippen molar-refractivity contribution in [3.63, 3.8) is 0 Å². The second-order valence-corrected chi connectivity index (χ2v) is 5.00. The first-order valence-corrected chi connectivity index (χ1v) is 6.48. The van der Waals surface area contributed by atoms with Crippen LogP contribution in [0.1, 0.15) is 18.4 Å². The third kappa shape index (κ3) is 1.99. The molecule has 0 bridgehead atoms. The van der Waals surface area contributed by atoms with Crippen molar-refractivity contribution in [3.05, 3.63) is 29.6 Å². The van der Waals surface area contributed by atoms with Crippen LogP contribution in [0.25, 0.3) is 0 Å². The van der Waals surface area contributed by atoms with Gasteiger partial charge in [0.1, 0.15) is 5.82 Å². The number of halogens is 1. The van der Waals surface area contributed by atoms with E-state index < -0.39 is 5.79 Å². The van der Waals surface area contributed by atoms with Gasteiger partial charge in [-0.2, -0.15) is 0 Å². The third-order valence-electron chi connectivity index (χ3n) is 3.84. The van der Waals surface area contributed by atoms with E-state index in [2.05, 4.69) is 4.90 Å². The predicted molar refractivity (Wildman–Crippen MR) is 67.2 cm³/mol. The number of para-hydroxylation sites is 1. The highest BCUT2D eigenvalue weighted by Crippen LogP contribution is 2.34. The molecule has 98 valence electrons. The molecule has 2 heterocycles. The Kier molecular flexibility index (Phi) is 2.99. The Morgan fingerprint density at radius 2 is 1.83 bits per heavy atom. The van der Waals surface area contributed by atoms with Crippen LogP contribution >= 0.6 is 0 Å². The predicted octanol–water partition coefficient (Wildman–Crippen LogP) is 2.48. The standard InChI is InChI=1S/C14H18FNO2/c1-11-3-2-4-12(15)13(11)16-7-5-14(6-8-16)17-9-10-18-14/h2-4H,5-10H2,1H3. The lowest BCUT2D eigenvalue weighted by Crippen LogP contribution is -2.45. The summed E-state index contributed by atoms with van der Waals surface area (Å²) in [5.41, 5.74) is 1.71. The van der Waals surface area contributed by atoms with E-state index >= 15 is 0 Å². The Hall–Kier alpha value is -1.13. The monoisotopic (exact) mass is 251 g/mol. The largest absolute Gasteiger partial charge is 0.369 e. The Morgan fingerprint density at radius 3 is 2.44 bits per heavy atom. The van der Waals surface area contributed by atoms with Crippen molar-refractivity contribution in [2.45, 2.75) is 25.6 Å². The quantitative estimate of drug-likeness (QED) is 0.765. The zero-order valence-electron chi connectivity index (χ0n) is 10.6. The lowest BCUT2D eigenvalue weighted by Gasteiger charge is -2.39. The summed E-state index contributed by atoms with van der Waals surface area (Å²) < 4.78 is 25.3. The number of hydrogen-bond donors (Lipinski definition) is 0. The second-order valence-electron chi connectivity index (χ2n) is 5.00. The van der Waals surface area contributed by atoms with Gasteiger partial charge in [0, 0.05) is 25.9 Å². The van der Waals surface area contributed by atoms with E-state index in [1.807, 2.05) is 13.0 Å². The molecule has 1 spiro atoms. The number of nitrogens with zero attached hydrogens (tertiary/aromatic N) is 1. The summed E-state index contributed by atoms with van der Waals surface area (Å²) >= 11 is 0. The molecular formula is C14H18FNO2. The molecule has 2 aliphatic rings. The number of hydrogen-bond acceptors (Lipinski definition) is 3. The summed E-state index contributed by atoms with van der Waals surface area (Å²) in [6, 6.07) is 5.23. The second kappa shape index (κ2) is 4.52. The van der Waals surface area contributed by atoms with E-state index in [0.29, 0.717) is 13.2 Å². The van der Waals surface area contributed by atoms with Gasteiger partial charge < -0.3 is 14.4 Å². The minimum atomic E-state index is -0.393. The average molecular weight is 251 g/mol. The van der Waals surface area contributed by atoms with Crippen molar-refractivity contribution >= 4 is 5.69 Å². The van der Waals surface area contributed by atoms with Crippen LogP contribution in [0.5, 0.6) is 0 Å². The lowest BCUT2D eigenvalue weighted by atomic mass is 10.0. The van der Waals surface area contributed by atoms with Gasteiger partial charge in [0.05, 0.1) is 18.9 Å². The number of piperidine rings is 1. The van der Waals surface area contributed by atoms with Gasteiger partial charge in [-0.1, -0.05) is 12.1 Å². The molecule has 4 heteroatoms. The van der Waals surface area contributed by atoms with E-state index in [1.54, 1.807) is 6.07 Å². The van der Waals surface area contributed by atoms with Gasteiger partial charge in [-0.3, -0.25) is 0 Å². The number of anilines is 1. The molecule has 18 heavy (non-hydrogen) atoms. The smallest absolute Gasteiger partial charge is 0.171 e. The van der Waals surface area contributed by atoms with Crippen LogP contribution in [-0.2, 0) is 9.47 Å². The maximum absolute atomic E-state index is 13.9. The van der Waals surface area contributed by atoms with Crippen LogP contribution in [0.2, 0.25) is 0 Å². The topological polar surface area (TPSA) is 21.7 Å². The fourth-order valence-electron chi connectivity index (χ4n) is 2.88. The van der Waals surface area contributed by atoms with Crippen molar-refractivity contribution in [1.29, 1.82) is 0 Å². The highest BCUT2D eigenvalue weighted by molar-refractivity contribution is 5.54. The third-order valence-corrected chi connectivity index (χ3v) is 3.84. The molecule has 0 saturated carbocycles. The zero-order valence-corrected chi connectivity index (χ0v) is 10.6. The molecule has 3 rings (SSSR count). The minimum Gasteiger partial charge on any atom is -0.369 e. The first-order valence-electron chi connectivity index (χ1n) is 6.48. The van der Waals surface area contributed by atoms with Crippen LogP contribution in [0.4, 0.5) is 10.1 Å². The molecule has 1 aromatic rings. The molecule has 1 aromatic carbocycles. The van der Waals surface area contributed by atoms with Gasteiger partial charge in [-0.25, -0.2) is 4.39 Å². The van der Waals surface area contributed by atoms with Gasteiger partial charge in [-0.05, 0) is 18.6 Å². The SMILES string of the molecule is Cc1cccc(F)c1N1CCC2(CC1)OCCO2. The molecule has 0 aromatic heterocycles. The molecule has 0 aliphatic carbocycles. The molecule has 2 aliphatic heterocycles. The Morgan fingerprint density at radius 1 is 1.17 bits per heavy atom. The first kappa shape index (κ1) is 11.9. The number of aryl methyl sites for hydroxylation is 1. The molecule has 0 N–H and O–H groups in total. The van der Waals surface area contributed by atoms with Gasteiger partial charge in [0.2, 0.25) is 0 Å². The molecular weight excluding hydrogens is 233 g/mol. The lowest BCUT2D eigenvalue weighted by molar-refractivity contribution is -0.169. The van der Waals surface area contributed by atoms with Crippen molar-refractivity contribution in [2.24, 2.45) is 0 Å². The van der Waals surface area contributed by atoms with Crippen LogP contribution in [0.3, 0.4) is 0 Å². The van der Waals surface area contributed by atoms with Crippen LogP contribution in [0.15, 0.2) is 18.2 Å². The van der Waals surface area contributed by atoms with Gasteiger partial charge in [-0.15, -0.1) is 0 Å². The Labute approximate surface area is 106 Å². The molecule has 0 atom stereocenters. The summed E-state index contributed by atoms with van der Waals surface area (Å²) in [6.07, 6.45) is 1.61. The molecule has 3 nitrogen and oxygen atoms in total. The van der Waals surface area contributed by atoms with Gasteiger partial charge in [0.25, 0.3) is 0 Å². The zero-order chi connectivity index (χ0) is 12.6. The molecule has 0 unspecified atom stereocenters. The fraction of sp³-hybridized carbons (Fsp3) is 0.571. The first-order chi connectivity index (χ1) is 8.70. The highest BCUT2D eigenvalue weighted by Gasteiger charge is 2.40. The fourth-order valence-corrected chi connectivity index (χ4v) is 2.88. The van der Waals surface area contributed by atoms with E-state index in [0.717, 1.165) is 37.2 Å².